The van der Waals surface area contributed by atoms with Crippen molar-refractivity contribution in [1.29, 1.82) is 0 Å². The molecule has 0 unspecified atom stereocenters. The zero-order chi connectivity index (χ0) is 15.4. The van der Waals surface area contributed by atoms with Crippen molar-refractivity contribution in [3.8, 4) is 0 Å². The number of nitrogen functional groups attached to an aromatic ring is 1. The molecule has 0 saturated carbocycles. The SMILES string of the molecule is CC(C)C(=O)N1CCC(NC(=O)c2cccc(N)c2)CC1.Cl. The minimum atomic E-state index is -0.101. The van der Waals surface area contributed by atoms with Crippen LogP contribution in [0, 0.1) is 5.92 Å². The van der Waals surface area contributed by atoms with Gasteiger partial charge in [0.05, 0.1) is 0 Å². The first kappa shape index (κ1) is 18.3. The summed E-state index contributed by atoms with van der Waals surface area (Å²) in [5.74, 6) is 0.120. The Kier molecular flexibility index (Phi) is 6.68. The number of hydrogen-bond acceptors (Lipinski definition) is 3. The Morgan fingerprint density at radius 2 is 1.91 bits per heavy atom. The summed E-state index contributed by atoms with van der Waals surface area (Å²) in [7, 11) is 0. The minimum Gasteiger partial charge on any atom is -0.399 e. The molecule has 122 valence electrons. The van der Waals surface area contributed by atoms with Crippen molar-refractivity contribution < 1.29 is 9.59 Å². The number of hydrogen-bond donors (Lipinski definition) is 2. The van der Waals surface area contributed by atoms with Gasteiger partial charge in [0, 0.05) is 36.3 Å². The lowest BCUT2D eigenvalue weighted by Crippen LogP contribution is -2.47. The van der Waals surface area contributed by atoms with Crippen molar-refractivity contribution in [2.24, 2.45) is 5.92 Å². The highest BCUT2D eigenvalue weighted by Gasteiger charge is 2.25. The van der Waals surface area contributed by atoms with Crippen LogP contribution >= 0.6 is 12.4 Å². The van der Waals surface area contributed by atoms with E-state index in [2.05, 4.69) is 5.32 Å². The molecule has 0 radical (unpaired) electrons. The van der Waals surface area contributed by atoms with E-state index in [9.17, 15) is 9.59 Å². The molecule has 1 aromatic carbocycles. The van der Waals surface area contributed by atoms with Crippen molar-refractivity contribution in [3.05, 3.63) is 29.8 Å². The third-order valence-electron chi connectivity index (χ3n) is 3.78. The number of carbonyl (C=O) groups is 2. The monoisotopic (exact) mass is 325 g/mol. The summed E-state index contributed by atoms with van der Waals surface area (Å²) in [5.41, 5.74) is 6.85. The third kappa shape index (κ3) is 4.63. The summed E-state index contributed by atoms with van der Waals surface area (Å²) in [5, 5.41) is 3.02. The Morgan fingerprint density at radius 1 is 1.27 bits per heavy atom. The number of nitrogens with two attached hydrogens (primary N) is 1. The molecule has 1 aromatic rings. The predicted octanol–water partition coefficient (Wildman–Crippen LogP) is 2.07. The van der Waals surface area contributed by atoms with E-state index in [1.165, 1.54) is 0 Å². The van der Waals surface area contributed by atoms with E-state index in [4.69, 9.17) is 5.73 Å². The molecule has 0 aliphatic carbocycles. The maximum atomic E-state index is 12.1. The second-order valence-corrected chi connectivity index (χ2v) is 5.85. The smallest absolute Gasteiger partial charge is 0.251 e. The second kappa shape index (κ2) is 8.03. The Bertz CT molecular complexity index is 526. The van der Waals surface area contributed by atoms with Crippen LogP contribution < -0.4 is 11.1 Å². The Hall–Kier alpha value is -1.75. The quantitative estimate of drug-likeness (QED) is 0.835. The molecule has 1 fully saturated rings. The van der Waals surface area contributed by atoms with E-state index in [1.807, 2.05) is 18.7 Å². The van der Waals surface area contributed by atoms with Gasteiger partial charge in [-0.1, -0.05) is 19.9 Å². The zero-order valence-corrected chi connectivity index (χ0v) is 13.9. The largest absolute Gasteiger partial charge is 0.399 e. The van der Waals surface area contributed by atoms with Crippen molar-refractivity contribution >= 4 is 29.9 Å². The zero-order valence-electron chi connectivity index (χ0n) is 13.0. The summed E-state index contributed by atoms with van der Waals surface area (Å²) in [4.78, 5) is 25.9. The Balaban J connectivity index is 0.00000242. The van der Waals surface area contributed by atoms with Gasteiger partial charge in [-0.25, -0.2) is 0 Å². The molecule has 0 aromatic heterocycles. The molecule has 0 spiro atoms. The van der Waals surface area contributed by atoms with E-state index < -0.39 is 0 Å². The highest BCUT2D eigenvalue weighted by atomic mass is 35.5. The van der Waals surface area contributed by atoms with Crippen LogP contribution in [0.25, 0.3) is 0 Å². The van der Waals surface area contributed by atoms with E-state index in [0.29, 0.717) is 24.3 Å². The fourth-order valence-corrected chi connectivity index (χ4v) is 2.56. The number of piperidine rings is 1. The fraction of sp³-hybridized carbons (Fsp3) is 0.500. The molecule has 0 atom stereocenters. The van der Waals surface area contributed by atoms with Crippen LogP contribution in [0.5, 0.6) is 0 Å². The van der Waals surface area contributed by atoms with E-state index in [1.54, 1.807) is 24.3 Å². The van der Waals surface area contributed by atoms with Crippen LogP contribution in [-0.4, -0.2) is 35.8 Å². The fourth-order valence-electron chi connectivity index (χ4n) is 2.56. The summed E-state index contributed by atoms with van der Waals surface area (Å²) >= 11 is 0. The van der Waals surface area contributed by atoms with Crippen LogP contribution in [0.3, 0.4) is 0 Å². The molecule has 3 N–H and O–H groups in total. The molecule has 2 rings (SSSR count). The second-order valence-electron chi connectivity index (χ2n) is 5.85. The van der Waals surface area contributed by atoms with Crippen LogP contribution in [0.2, 0.25) is 0 Å². The van der Waals surface area contributed by atoms with Gasteiger partial charge in [-0.2, -0.15) is 0 Å². The third-order valence-corrected chi connectivity index (χ3v) is 3.78. The molecule has 5 nitrogen and oxygen atoms in total. The van der Waals surface area contributed by atoms with E-state index >= 15 is 0 Å². The van der Waals surface area contributed by atoms with Crippen molar-refractivity contribution in [1.82, 2.24) is 10.2 Å². The molecule has 2 amide bonds. The molecular weight excluding hydrogens is 302 g/mol. The number of halogens is 1. The van der Waals surface area contributed by atoms with Crippen molar-refractivity contribution in [2.45, 2.75) is 32.7 Å². The van der Waals surface area contributed by atoms with Gasteiger partial charge in [-0.3, -0.25) is 9.59 Å². The van der Waals surface area contributed by atoms with Gasteiger partial charge in [-0.15, -0.1) is 12.4 Å². The number of amides is 2. The number of carbonyl (C=O) groups excluding carboxylic acids is 2. The molecule has 1 heterocycles. The molecule has 1 aliphatic heterocycles. The molecule has 1 aliphatic rings. The topological polar surface area (TPSA) is 75.4 Å². The number of rotatable bonds is 3. The molecule has 0 bridgehead atoms. The van der Waals surface area contributed by atoms with Crippen LogP contribution in [0.4, 0.5) is 5.69 Å². The lowest BCUT2D eigenvalue weighted by Gasteiger charge is -2.33. The van der Waals surface area contributed by atoms with Gasteiger partial charge >= 0.3 is 0 Å². The first-order valence-corrected chi connectivity index (χ1v) is 7.42. The molecule has 22 heavy (non-hydrogen) atoms. The maximum Gasteiger partial charge on any atom is 0.251 e. The number of likely N-dealkylation sites (tertiary alicyclic amines) is 1. The average molecular weight is 326 g/mol. The number of anilines is 1. The lowest BCUT2D eigenvalue weighted by molar-refractivity contribution is -0.135. The molecular formula is C16H24ClN3O2. The van der Waals surface area contributed by atoms with Gasteiger partial charge in [0.25, 0.3) is 5.91 Å². The number of benzene rings is 1. The maximum absolute atomic E-state index is 12.1. The Labute approximate surface area is 137 Å². The van der Waals surface area contributed by atoms with E-state index in [0.717, 1.165) is 12.8 Å². The summed E-state index contributed by atoms with van der Waals surface area (Å²) in [6.07, 6.45) is 1.60. The van der Waals surface area contributed by atoms with Crippen molar-refractivity contribution in [2.75, 3.05) is 18.8 Å². The van der Waals surface area contributed by atoms with Crippen LogP contribution in [-0.2, 0) is 4.79 Å². The average Bonchev–Trinajstić information content (AvgIpc) is 2.47. The predicted molar refractivity (Wildman–Crippen MR) is 90.0 cm³/mol. The summed E-state index contributed by atoms with van der Waals surface area (Å²) < 4.78 is 0. The summed E-state index contributed by atoms with van der Waals surface area (Å²) in [6.45, 7) is 5.24. The number of nitrogens with zero attached hydrogens (tertiary/aromatic N) is 1. The first-order valence-electron chi connectivity index (χ1n) is 7.42. The Morgan fingerprint density at radius 3 is 2.45 bits per heavy atom. The first-order chi connectivity index (χ1) is 9.97. The van der Waals surface area contributed by atoms with Gasteiger partial charge in [0.1, 0.15) is 0 Å². The highest BCUT2D eigenvalue weighted by molar-refractivity contribution is 5.95. The standard InChI is InChI=1S/C16H23N3O2.ClH/c1-11(2)16(21)19-8-6-14(7-9-19)18-15(20)12-4-3-5-13(17)10-12;/h3-5,10-11,14H,6-9,17H2,1-2H3,(H,18,20);1H. The number of nitrogens with one attached hydrogen (secondary N) is 1. The molecule has 6 heteroatoms. The van der Waals surface area contributed by atoms with E-state index in [-0.39, 0.29) is 36.2 Å². The van der Waals surface area contributed by atoms with Gasteiger partial charge in [0.15, 0.2) is 0 Å². The van der Waals surface area contributed by atoms with Gasteiger partial charge < -0.3 is 16.0 Å². The molecule has 1 saturated heterocycles. The van der Waals surface area contributed by atoms with Crippen LogP contribution in [0.15, 0.2) is 24.3 Å². The lowest BCUT2D eigenvalue weighted by atomic mass is 10.0. The summed E-state index contributed by atoms with van der Waals surface area (Å²) in [6, 6.07) is 7.08. The minimum absolute atomic E-state index is 0. The van der Waals surface area contributed by atoms with Crippen molar-refractivity contribution in [3.63, 3.8) is 0 Å². The normalized spacial score (nSPS) is 15.3. The van der Waals surface area contributed by atoms with Gasteiger partial charge in [-0.05, 0) is 31.0 Å². The van der Waals surface area contributed by atoms with Crippen LogP contribution in [0.1, 0.15) is 37.0 Å². The van der Waals surface area contributed by atoms with Gasteiger partial charge in [0.2, 0.25) is 5.91 Å². The highest BCUT2D eigenvalue weighted by Crippen LogP contribution is 2.14.